The van der Waals surface area contributed by atoms with Crippen molar-refractivity contribution in [1.82, 2.24) is 10.2 Å². The molecule has 0 aliphatic rings. The van der Waals surface area contributed by atoms with Gasteiger partial charge in [-0.15, -0.1) is 0 Å². The number of methoxy groups -OCH3 is 1. The first-order chi connectivity index (χ1) is 16.5. The number of rotatable bonds is 12. The zero-order chi connectivity index (χ0) is 26.2. The highest BCUT2D eigenvalue weighted by Gasteiger charge is 2.31. The van der Waals surface area contributed by atoms with Crippen molar-refractivity contribution in [3.63, 3.8) is 0 Å². The first-order valence-electron chi connectivity index (χ1n) is 11.4. The van der Waals surface area contributed by atoms with E-state index in [1.165, 1.54) is 42.3 Å². The summed E-state index contributed by atoms with van der Waals surface area (Å²) in [6, 6.07) is 11.2. The highest BCUT2D eigenvalue weighted by Crippen LogP contribution is 2.24. The summed E-state index contributed by atoms with van der Waals surface area (Å²) in [4.78, 5) is 27.9. The minimum absolute atomic E-state index is 0.0163. The van der Waals surface area contributed by atoms with Gasteiger partial charge in [0.15, 0.2) is 0 Å². The monoisotopic (exact) mass is 507 g/mol. The van der Waals surface area contributed by atoms with E-state index in [1.807, 2.05) is 13.8 Å². The van der Waals surface area contributed by atoms with Crippen molar-refractivity contribution < 1.29 is 27.1 Å². The van der Waals surface area contributed by atoms with Gasteiger partial charge in [0.25, 0.3) is 0 Å². The topological polar surface area (TPSA) is 96.0 Å². The van der Waals surface area contributed by atoms with E-state index >= 15 is 0 Å². The van der Waals surface area contributed by atoms with Crippen LogP contribution in [0.15, 0.2) is 48.5 Å². The van der Waals surface area contributed by atoms with Gasteiger partial charge in [0.1, 0.15) is 24.2 Å². The van der Waals surface area contributed by atoms with E-state index in [-0.39, 0.29) is 24.1 Å². The zero-order valence-corrected chi connectivity index (χ0v) is 21.6. The Hall–Kier alpha value is -3.14. The molecule has 0 radical (unpaired) electrons. The molecule has 2 aromatic rings. The Kier molecular flexibility index (Phi) is 10.1. The standard InChI is InChI=1S/C25H34FN3O5S/c1-6-23(25(31)27-15-18(2)3)28(16-19-10-12-20(26)13-11-19)24(30)17-29(35(5,32)33)21-8-7-9-22(14-21)34-4/h7-14,18,23H,6,15-17H2,1-5H3,(H,27,31). The van der Waals surface area contributed by atoms with E-state index in [1.54, 1.807) is 25.1 Å². The normalized spacial score (nSPS) is 12.2. The van der Waals surface area contributed by atoms with Crippen molar-refractivity contribution in [1.29, 1.82) is 0 Å². The Morgan fingerprint density at radius 2 is 1.77 bits per heavy atom. The van der Waals surface area contributed by atoms with Crippen LogP contribution in [0.4, 0.5) is 10.1 Å². The quantitative estimate of drug-likeness (QED) is 0.476. The average Bonchev–Trinajstić information content (AvgIpc) is 2.81. The number of sulfonamides is 1. The molecule has 192 valence electrons. The smallest absolute Gasteiger partial charge is 0.244 e. The van der Waals surface area contributed by atoms with Gasteiger partial charge in [-0.25, -0.2) is 12.8 Å². The lowest BCUT2D eigenvalue weighted by Gasteiger charge is -2.33. The molecular formula is C25H34FN3O5S. The summed E-state index contributed by atoms with van der Waals surface area (Å²) < 4.78 is 44.9. The van der Waals surface area contributed by atoms with Crippen LogP contribution in [0.5, 0.6) is 5.75 Å². The van der Waals surface area contributed by atoms with Crippen LogP contribution in [0.1, 0.15) is 32.8 Å². The molecule has 0 aliphatic carbocycles. The second-order valence-electron chi connectivity index (χ2n) is 8.68. The molecule has 2 amide bonds. The van der Waals surface area contributed by atoms with Gasteiger partial charge in [0.2, 0.25) is 21.8 Å². The Morgan fingerprint density at radius 1 is 1.11 bits per heavy atom. The van der Waals surface area contributed by atoms with Crippen LogP contribution in [0.2, 0.25) is 0 Å². The summed E-state index contributed by atoms with van der Waals surface area (Å²) >= 11 is 0. The molecule has 1 atom stereocenters. The molecule has 2 rings (SSSR count). The molecule has 2 aromatic carbocycles. The highest BCUT2D eigenvalue weighted by molar-refractivity contribution is 7.92. The first-order valence-corrected chi connectivity index (χ1v) is 13.2. The lowest BCUT2D eigenvalue weighted by molar-refractivity contribution is -0.140. The summed E-state index contributed by atoms with van der Waals surface area (Å²) in [5.74, 6) is -0.662. The predicted molar refractivity (Wildman–Crippen MR) is 134 cm³/mol. The van der Waals surface area contributed by atoms with E-state index < -0.39 is 34.3 Å². The molecular weight excluding hydrogens is 473 g/mol. The number of carbonyl (C=O) groups excluding carboxylic acids is 2. The number of anilines is 1. The molecule has 1 N–H and O–H groups in total. The van der Waals surface area contributed by atoms with Crippen molar-refractivity contribution in [2.45, 2.75) is 39.8 Å². The number of amides is 2. The summed E-state index contributed by atoms with van der Waals surface area (Å²) in [6.45, 7) is 5.64. The maximum Gasteiger partial charge on any atom is 0.244 e. The third-order valence-electron chi connectivity index (χ3n) is 5.36. The first kappa shape index (κ1) is 28.1. The lowest BCUT2D eigenvalue weighted by atomic mass is 10.1. The van der Waals surface area contributed by atoms with Crippen LogP contribution in [0.3, 0.4) is 0 Å². The average molecular weight is 508 g/mol. The van der Waals surface area contributed by atoms with Crippen LogP contribution >= 0.6 is 0 Å². The van der Waals surface area contributed by atoms with Gasteiger partial charge >= 0.3 is 0 Å². The second-order valence-corrected chi connectivity index (χ2v) is 10.6. The van der Waals surface area contributed by atoms with Crippen molar-refractivity contribution in [3.8, 4) is 5.75 Å². The SMILES string of the molecule is CCC(C(=O)NCC(C)C)N(Cc1ccc(F)cc1)C(=O)CN(c1cccc(OC)c1)S(C)(=O)=O. The molecule has 0 heterocycles. The minimum Gasteiger partial charge on any atom is -0.497 e. The van der Waals surface area contributed by atoms with Gasteiger partial charge < -0.3 is 15.0 Å². The van der Waals surface area contributed by atoms with Gasteiger partial charge in [-0.2, -0.15) is 0 Å². The van der Waals surface area contributed by atoms with Gasteiger partial charge in [-0.3, -0.25) is 13.9 Å². The molecule has 0 bridgehead atoms. The summed E-state index contributed by atoms with van der Waals surface area (Å²) in [5.41, 5.74) is 0.876. The zero-order valence-electron chi connectivity index (χ0n) is 20.8. The number of carbonyl (C=O) groups is 2. The van der Waals surface area contributed by atoms with Crippen LogP contribution < -0.4 is 14.4 Å². The largest absolute Gasteiger partial charge is 0.497 e. The van der Waals surface area contributed by atoms with Crippen molar-refractivity contribution >= 4 is 27.5 Å². The van der Waals surface area contributed by atoms with E-state index in [0.29, 0.717) is 24.3 Å². The van der Waals surface area contributed by atoms with Crippen LogP contribution in [-0.4, -0.2) is 57.6 Å². The molecule has 10 heteroatoms. The van der Waals surface area contributed by atoms with E-state index in [9.17, 15) is 22.4 Å². The molecule has 0 spiro atoms. The van der Waals surface area contributed by atoms with Gasteiger partial charge in [0, 0.05) is 19.2 Å². The third-order valence-corrected chi connectivity index (χ3v) is 6.50. The molecule has 35 heavy (non-hydrogen) atoms. The van der Waals surface area contributed by atoms with Gasteiger partial charge in [0.05, 0.1) is 19.1 Å². The van der Waals surface area contributed by atoms with Gasteiger partial charge in [-0.1, -0.05) is 39.0 Å². The summed E-state index contributed by atoms with van der Waals surface area (Å²) in [7, 11) is -2.38. The van der Waals surface area contributed by atoms with Crippen molar-refractivity contribution in [3.05, 3.63) is 59.9 Å². The van der Waals surface area contributed by atoms with Crippen molar-refractivity contribution in [2.24, 2.45) is 5.92 Å². The fourth-order valence-electron chi connectivity index (χ4n) is 3.51. The maximum atomic E-state index is 13.6. The van der Waals surface area contributed by atoms with Gasteiger partial charge in [-0.05, 0) is 42.2 Å². The number of hydrogen-bond acceptors (Lipinski definition) is 5. The van der Waals surface area contributed by atoms with Crippen LogP contribution in [-0.2, 0) is 26.2 Å². The molecule has 0 fully saturated rings. The number of nitrogens with one attached hydrogen (secondary N) is 1. The highest BCUT2D eigenvalue weighted by atomic mass is 32.2. The van der Waals surface area contributed by atoms with E-state index in [0.717, 1.165) is 10.6 Å². The summed E-state index contributed by atoms with van der Waals surface area (Å²) in [6.07, 6.45) is 1.33. The second kappa shape index (κ2) is 12.5. The molecule has 0 aliphatic heterocycles. The fourth-order valence-corrected chi connectivity index (χ4v) is 4.35. The number of nitrogens with zero attached hydrogens (tertiary/aromatic N) is 2. The Labute approximate surface area is 207 Å². The predicted octanol–water partition coefficient (Wildman–Crippen LogP) is 3.18. The number of halogens is 1. The lowest BCUT2D eigenvalue weighted by Crippen LogP contribution is -2.52. The van der Waals surface area contributed by atoms with E-state index in [4.69, 9.17) is 4.74 Å². The minimum atomic E-state index is -3.84. The summed E-state index contributed by atoms with van der Waals surface area (Å²) in [5, 5.41) is 2.85. The van der Waals surface area contributed by atoms with Crippen LogP contribution in [0, 0.1) is 11.7 Å². The Balaban J connectivity index is 2.42. The molecule has 8 nitrogen and oxygen atoms in total. The molecule has 0 saturated heterocycles. The molecule has 0 aromatic heterocycles. The fraction of sp³-hybridized carbons (Fsp3) is 0.440. The van der Waals surface area contributed by atoms with Crippen molar-refractivity contribution in [2.75, 3.05) is 30.8 Å². The number of hydrogen-bond donors (Lipinski definition) is 1. The maximum absolute atomic E-state index is 13.6. The molecule has 1 unspecified atom stereocenters. The Bertz CT molecular complexity index is 1110. The van der Waals surface area contributed by atoms with E-state index in [2.05, 4.69) is 5.32 Å². The molecule has 0 saturated carbocycles. The Morgan fingerprint density at radius 3 is 2.31 bits per heavy atom. The third kappa shape index (κ3) is 8.24. The number of benzene rings is 2. The van der Waals surface area contributed by atoms with Crippen LogP contribution in [0.25, 0.3) is 0 Å². The number of ether oxygens (including phenoxy) is 1.